The average molecular weight is 1050 g/mol. The summed E-state index contributed by atoms with van der Waals surface area (Å²) in [5.41, 5.74) is 3.82. The van der Waals surface area contributed by atoms with E-state index >= 15 is 0 Å². The molecular formula is C55H68N16O6. The summed E-state index contributed by atoms with van der Waals surface area (Å²) in [6, 6.07) is 12.1. The van der Waals surface area contributed by atoms with Crippen molar-refractivity contribution in [3.63, 3.8) is 0 Å². The predicted molar refractivity (Wildman–Crippen MR) is 289 cm³/mol. The number of piperazine rings is 2. The smallest absolute Gasteiger partial charge is 0.410 e. The number of rotatable bonds is 11. The van der Waals surface area contributed by atoms with E-state index in [4.69, 9.17) is 14.7 Å². The molecule has 6 fully saturated rings. The van der Waals surface area contributed by atoms with E-state index in [1.807, 2.05) is 21.9 Å². The van der Waals surface area contributed by atoms with Crippen molar-refractivity contribution < 1.29 is 28.7 Å². The van der Waals surface area contributed by atoms with Gasteiger partial charge in [0.1, 0.15) is 34.3 Å². The normalized spacial score (nSPS) is 21.1. The van der Waals surface area contributed by atoms with Gasteiger partial charge in [0, 0.05) is 114 Å². The number of amides is 5. The van der Waals surface area contributed by atoms with Gasteiger partial charge in [-0.15, -0.1) is 0 Å². The van der Waals surface area contributed by atoms with Crippen molar-refractivity contribution in [1.29, 1.82) is 0 Å². The SMILES string of the molecule is CCOC(=O)N1C2CCC1CN(C(=O)c1ccc(Nc3ncc4cc(C(=O)N(C)C)n(C5CCCC5)c4n3)nc1)C2.CN(C)C(=O)c1cc2cnc(Nc3ccc(C(=O)N4CC5CCC(C4)N5)cn3)nc2n1C1CCCC1. The molecule has 4 saturated heterocycles. The number of likely N-dealkylation sites (tertiary alicyclic amines) is 2. The van der Waals surface area contributed by atoms with Gasteiger partial charge in [0.25, 0.3) is 23.6 Å². The van der Waals surface area contributed by atoms with E-state index in [1.165, 1.54) is 0 Å². The molecular weight excluding hydrogens is 981 g/mol. The second kappa shape index (κ2) is 21.7. The number of aromatic nitrogens is 8. The molecule has 0 spiro atoms. The Kier molecular flexibility index (Phi) is 14.5. The maximum Gasteiger partial charge on any atom is 0.410 e. The van der Waals surface area contributed by atoms with Crippen LogP contribution in [-0.2, 0) is 4.74 Å². The zero-order valence-corrected chi connectivity index (χ0v) is 44.5. The van der Waals surface area contributed by atoms with Gasteiger partial charge in [-0.3, -0.25) is 24.1 Å². The molecule has 3 N–H and O–H groups in total. The number of pyridine rings is 2. The molecule has 5 amide bonds. The third-order valence-corrected chi connectivity index (χ3v) is 16.0. The van der Waals surface area contributed by atoms with E-state index in [1.54, 1.807) is 98.9 Å². The molecule has 22 nitrogen and oxygen atoms in total. The lowest BCUT2D eigenvalue weighted by molar-refractivity contribution is 0.0357. The predicted octanol–water partition coefficient (Wildman–Crippen LogP) is 6.80. The first-order chi connectivity index (χ1) is 37.3. The number of hydrogen-bond acceptors (Lipinski definition) is 15. The number of hydrogen-bond donors (Lipinski definition) is 3. The Balaban J connectivity index is 0.000000165. The van der Waals surface area contributed by atoms with Gasteiger partial charge in [-0.05, 0) is 94.7 Å². The molecule has 0 radical (unpaired) electrons. The van der Waals surface area contributed by atoms with Gasteiger partial charge in [-0.2, -0.15) is 9.97 Å². The topological polar surface area (TPSA) is 234 Å². The van der Waals surface area contributed by atoms with Gasteiger partial charge in [-0.1, -0.05) is 25.7 Å². The lowest BCUT2D eigenvalue weighted by atomic mass is 10.1. The van der Waals surface area contributed by atoms with E-state index in [2.05, 4.69) is 45.0 Å². The highest BCUT2D eigenvalue weighted by Crippen LogP contribution is 2.37. The third kappa shape index (κ3) is 10.5. The number of carbonyl (C=O) groups excluding carboxylic acids is 5. The van der Waals surface area contributed by atoms with Crippen LogP contribution in [-0.4, -0.2) is 178 Å². The van der Waals surface area contributed by atoms with Crippen LogP contribution >= 0.6 is 0 Å². The summed E-state index contributed by atoms with van der Waals surface area (Å²) < 4.78 is 9.38. The summed E-state index contributed by atoms with van der Waals surface area (Å²) in [5.74, 6) is 1.69. The molecule has 10 heterocycles. The number of ether oxygens (including phenoxy) is 1. The second-order valence-electron chi connectivity index (χ2n) is 21.7. The standard InChI is InChI=1S/C29H36N8O4.C26H32N8O2/c1-4-41-29(40)36-21-10-11-22(36)17-35(16-21)26(38)18-9-12-24(30-14-18)32-28-31-15-19-13-23(27(39)34(2)3)37(25(19)33-28)20-7-5-6-8-20;1-32(2)25(36)21-11-17-13-28-26(31-23(17)34(21)20-5-3-4-6-20)30-22-10-7-16(12-27-22)24(35)33-14-18-8-9-19(15-33)29-18/h9,12-15,20-22H,4-8,10-11,16-17H2,1-3H3,(H,30,31,32,33);7,10-13,18-20,29H,3-6,8-9,14-15H2,1-2H3,(H,27,28,30,31). The largest absolute Gasteiger partial charge is 0.450 e. The van der Waals surface area contributed by atoms with Gasteiger partial charge in [0.15, 0.2) is 0 Å². The van der Waals surface area contributed by atoms with Crippen LogP contribution in [0.3, 0.4) is 0 Å². The van der Waals surface area contributed by atoms with Crippen molar-refractivity contribution in [2.24, 2.45) is 0 Å². The number of nitrogens with one attached hydrogen (secondary N) is 3. The van der Waals surface area contributed by atoms with Crippen molar-refractivity contribution >= 4 is 75.3 Å². The van der Waals surface area contributed by atoms with Crippen LogP contribution in [0.2, 0.25) is 0 Å². The summed E-state index contributed by atoms with van der Waals surface area (Å²) in [6.07, 6.45) is 19.0. The van der Waals surface area contributed by atoms with E-state index in [0.717, 1.165) is 112 Å². The van der Waals surface area contributed by atoms with Crippen LogP contribution in [0.4, 0.5) is 28.3 Å². The van der Waals surface area contributed by atoms with E-state index in [9.17, 15) is 24.0 Å². The number of anilines is 4. The number of nitrogens with zero attached hydrogens (tertiary/aromatic N) is 13. The van der Waals surface area contributed by atoms with Crippen LogP contribution in [0.25, 0.3) is 22.1 Å². The maximum absolute atomic E-state index is 13.3. The number of fused-ring (bicyclic) bond motifs is 6. The minimum Gasteiger partial charge on any atom is -0.450 e. The molecule has 4 atom stereocenters. The Hall–Kier alpha value is -7.75. The molecule has 4 unspecified atom stereocenters. The molecule has 2 saturated carbocycles. The van der Waals surface area contributed by atoms with E-state index < -0.39 is 0 Å². The molecule has 6 aromatic heterocycles. The molecule has 77 heavy (non-hydrogen) atoms. The van der Waals surface area contributed by atoms with Gasteiger partial charge in [0.2, 0.25) is 11.9 Å². The molecule has 6 aromatic rings. The Morgan fingerprint density at radius 3 is 1.42 bits per heavy atom. The van der Waals surface area contributed by atoms with Crippen LogP contribution in [0, 0.1) is 0 Å². The van der Waals surface area contributed by atoms with Gasteiger partial charge < -0.3 is 49.4 Å². The second-order valence-corrected chi connectivity index (χ2v) is 21.7. The molecule has 22 heteroatoms. The molecule has 404 valence electrons. The first kappa shape index (κ1) is 51.4. The lowest BCUT2D eigenvalue weighted by Gasteiger charge is -2.40. The zero-order chi connectivity index (χ0) is 53.5. The monoisotopic (exact) mass is 1050 g/mol. The highest BCUT2D eigenvalue weighted by atomic mass is 16.6. The summed E-state index contributed by atoms with van der Waals surface area (Å²) in [6.45, 7) is 4.62. The van der Waals surface area contributed by atoms with Crippen molar-refractivity contribution in [3.05, 3.63) is 83.7 Å². The molecule has 12 rings (SSSR count). The highest BCUT2D eigenvalue weighted by molar-refractivity contribution is 5.99. The van der Waals surface area contributed by atoms with Crippen LogP contribution in [0.1, 0.15) is 138 Å². The summed E-state index contributed by atoms with van der Waals surface area (Å²) >= 11 is 0. The third-order valence-electron chi connectivity index (χ3n) is 16.0. The Morgan fingerprint density at radius 1 is 0.571 bits per heavy atom. The van der Waals surface area contributed by atoms with Crippen molar-refractivity contribution in [2.75, 3.05) is 71.6 Å². The van der Waals surface area contributed by atoms with Crippen LogP contribution in [0.15, 0.2) is 61.2 Å². The van der Waals surface area contributed by atoms with Crippen LogP contribution in [0.5, 0.6) is 0 Å². The zero-order valence-electron chi connectivity index (χ0n) is 44.5. The highest BCUT2D eigenvalue weighted by Gasteiger charge is 2.45. The van der Waals surface area contributed by atoms with E-state index in [-0.39, 0.29) is 53.9 Å². The average Bonchev–Trinajstić information content (AvgIpc) is 4.34. The fraction of sp³-hybridized carbons (Fsp3) is 0.509. The van der Waals surface area contributed by atoms with Gasteiger partial charge in [0.05, 0.1) is 29.8 Å². The summed E-state index contributed by atoms with van der Waals surface area (Å²) in [4.78, 5) is 101. The molecule has 6 aliphatic rings. The summed E-state index contributed by atoms with van der Waals surface area (Å²) in [7, 11) is 7.05. The Morgan fingerprint density at radius 2 is 1.01 bits per heavy atom. The van der Waals surface area contributed by atoms with Crippen molar-refractivity contribution in [3.8, 4) is 0 Å². The minimum atomic E-state index is -0.291. The van der Waals surface area contributed by atoms with Gasteiger partial charge in [-0.25, -0.2) is 24.7 Å². The maximum atomic E-state index is 13.3. The summed E-state index contributed by atoms with van der Waals surface area (Å²) in [5, 5.41) is 11.5. The van der Waals surface area contributed by atoms with Crippen molar-refractivity contribution in [1.82, 2.24) is 68.9 Å². The first-order valence-electron chi connectivity index (χ1n) is 27.2. The quantitative estimate of drug-likeness (QED) is 0.121. The van der Waals surface area contributed by atoms with E-state index in [0.29, 0.717) is 77.8 Å². The Labute approximate surface area is 447 Å². The minimum absolute atomic E-state index is 0.0190. The molecule has 0 aromatic carbocycles. The van der Waals surface area contributed by atoms with Crippen molar-refractivity contribution in [2.45, 2.75) is 120 Å². The Bertz CT molecular complexity index is 3160. The fourth-order valence-electron chi connectivity index (χ4n) is 12.3. The lowest BCUT2D eigenvalue weighted by Crippen LogP contribution is -2.57. The number of carbonyl (C=O) groups is 5. The molecule has 2 aliphatic carbocycles. The van der Waals surface area contributed by atoms with Crippen LogP contribution < -0.4 is 16.0 Å². The molecule has 4 bridgehead atoms. The molecule has 4 aliphatic heterocycles. The van der Waals surface area contributed by atoms with Gasteiger partial charge >= 0.3 is 6.09 Å². The first-order valence-corrected chi connectivity index (χ1v) is 27.2. The fourth-order valence-corrected chi connectivity index (χ4v) is 12.3.